The van der Waals surface area contributed by atoms with Crippen molar-refractivity contribution < 1.29 is 10.0 Å². The van der Waals surface area contributed by atoms with Gasteiger partial charge in [0.15, 0.2) is 0 Å². The van der Waals surface area contributed by atoms with Crippen LogP contribution in [0.4, 0.5) is 5.69 Å². The maximum absolute atomic E-state index is 10.9. The van der Waals surface area contributed by atoms with Crippen molar-refractivity contribution in [2.24, 2.45) is 0 Å². The summed E-state index contributed by atoms with van der Waals surface area (Å²) < 4.78 is 0. The summed E-state index contributed by atoms with van der Waals surface area (Å²) in [6.07, 6.45) is 2.68. The minimum Gasteiger partial charge on any atom is -0.388 e. The molecule has 2 N–H and O–H groups in total. The Balaban J connectivity index is 2.07. The molecule has 1 aliphatic rings. The van der Waals surface area contributed by atoms with Crippen LogP contribution in [0.2, 0.25) is 0 Å². The molecule has 0 amide bonds. The third-order valence-electron chi connectivity index (χ3n) is 3.82. The van der Waals surface area contributed by atoms with Gasteiger partial charge in [0.05, 0.1) is 10.5 Å². The van der Waals surface area contributed by atoms with Crippen LogP contribution < -0.4 is 5.32 Å². The van der Waals surface area contributed by atoms with Gasteiger partial charge in [0.25, 0.3) is 5.69 Å². The predicted octanol–water partition coefficient (Wildman–Crippen LogP) is 2.89. The summed E-state index contributed by atoms with van der Waals surface area (Å²) in [5, 5.41) is 24.7. The SMILES string of the molecule is CCCC(NCC1(O)CCSC1)c1cccc([N+](=O)[O-])c1. The van der Waals surface area contributed by atoms with Crippen molar-refractivity contribution in [3.05, 3.63) is 39.9 Å². The van der Waals surface area contributed by atoms with E-state index >= 15 is 0 Å². The molecule has 5 nitrogen and oxygen atoms in total. The molecule has 1 aromatic rings. The number of rotatable bonds is 7. The van der Waals surface area contributed by atoms with Crippen LogP contribution >= 0.6 is 11.8 Å². The fourth-order valence-corrected chi connectivity index (χ4v) is 3.87. The first kappa shape index (κ1) is 16.3. The molecular formula is C15H22N2O3S. The number of nitrogens with one attached hydrogen (secondary N) is 1. The molecule has 0 aromatic heterocycles. The van der Waals surface area contributed by atoms with Crippen molar-refractivity contribution in [1.29, 1.82) is 0 Å². The van der Waals surface area contributed by atoms with Crippen LogP contribution in [0.5, 0.6) is 0 Å². The number of hydrogen-bond acceptors (Lipinski definition) is 5. The third-order valence-corrected chi connectivity index (χ3v) is 5.06. The summed E-state index contributed by atoms with van der Waals surface area (Å²) in [5.41, 5.74) is 0.392. The van der Waals surface area contributed by atoms with Gasteiger partial charge in [-0.05, 0) is 24.2 Å². The van der Waals surface area contributed by atoms with E-state index in [0.29, 0.717) is 6.54 Å². The first-order chi connectivity index (χ1) is 10.0. The molecule has 1 saturated heterocycles. The largest absolute Gasteiger partial charge is 0.388 e. The lowest BCUT2D eigenvalue weighted by Gasteiger charge is -2.26. The van der Waals surface area contributed by atoms with Gasteiger partial charge < -0.3 is 10.4 Å². The maximum atomic E-state index is 10.9. The van der Waals surface area contributed by atoms with E-state index in [4.69, 9.17) is 0 Å². The third kappa shape index (κ3) is 4.43. The molecule has 1 heterocycles. The average molecular weight is 310 g/mol. The van der Waals surface area contributed by atoms with Crippen LogP contribution in [0.1, 0.15) is 37.8 Å². The van der Waals surface area contributed by atoms with Crippen molar-refractivity contribution in [2.75, 3.05) is 18.1 Å². The molecular weight excluding hydrogens is 288 g/mol. The van der Waals surface area contributed by atoms with Crippen LogP contribution in [0.3, 0.4) is 0 Å². The van der Waals surface area contributed by atoms with Gasteiger partial charge in [-0.3, -0.25) is 10.1 Å². The standard InChI is InChI=1S/C15H22N2O3S/c1-2-4-14(16-10-15(18)7-8-21-11-15)12-5-3-6-13(9-12)17(19)20/h3,5-6,9,14,16,18H,2,4,7-8,10-11H2,1H3. The lowest BCUT2D eigenvalue weighted by molar-refractivity contribution is -0.384. The molecule has 1 aliphatic heterocycles. The van der Waals surface area contributed by atoms with Gasteiger partial charge in [0.2, 0.25) is 0 Å². The molecule has 0 bridgehead atoms. The van der Waals surface area contributed by atoms with E-state index in [-0.39, 0.29) is 16.7 Å². The Bertz CT molecular complexity index is 490. The highest BCUT2D eigenvalue weighted by Gasteiger charge is 2.32. The van der Waals surface area contributed by atoms with Crippen LogP contribution in [-0.4, -0.2) is 33.7 Å². The molecule has 2 atom stereocenters. The fourth-order valence-electron chi connectivity index (χ4n) is 2.58. The zero-order valence-electron chi connectivity index (χ0n) is 12.2. The van der Waals surface area contributed by atoms with E-state index in [2.05, 4.69) is 12.2 Å². The smallest absolute Gasteiger partial charge is 0.269 e. The highest BCUT2D eigenvalue weighted by Crippen LogP contribution is 2.29. The van der Waals surface area contributed by atoms with Gasteiger partial charge >= 0.3 is 0 Å². The zero-order valence-corrected chi connectivity index (χ0v) is 13.1. The predicted molar refractivity (Wildman–Crippen MR) is 85.6 cm³/mol. The van der Waals surface area contributed by atoms with Crippen LogP contribution in [0.25, 0.3) is 0 Å². The second-order valence-electron chi connectivity index (χ2n) is 5.60. The van der Waals surface area contributed by atoms with Gasteiger partial charge in [0, 0.05) is 30.5 Å². The van der Waals surface area contributed by atoms with E-state index in [1.807, 2.05) is 6.07 Å². The Morgan fingerprint density at radius 2 is 2.38 bits per heavy atom. The Kier molecular flexibility index (Phi) is 5.61. The van der Waals surface area contributed by atoms with Crippen molar-refractivity contribution in [3.8, 4) is 0 Å². The Labute approximate surface area is 129 Å². The summed E-state index contributed by atoms with van der Waals surface area (Å²) >= 11 is 1.77. The van der Waals surface area contributed by atoms with Crippen molar-refractivity contribution in [2.45, 2.75) is 37.8 Å². The van der Waals surface area contributed by atoms with Crippen molar-refractivity contribution in [3.63, 3.8) is 0 Å². The molecule has 0 radical (unpaired) electrons. The van der Waals surface area contributed by atoms with E-state index in [9.17, 15) is 15.2 Å². The normalized spacial score (nSPS) is 23.1. The van der Waals surface area contributed by atoms with Gasteiger partial charge in [-0.1, -0.05) is 25.5 Å². The lowest BCUT2D eigenvalue weighted by Crippen LogP contribution is -2.42. The number of nitrogens with zero attached hydrogens (tertiary/aromatic N) is 1. The number of benzene rings is 1. The van der Waals surface area contributed by atoms with E-state index in [0.717, 1.165) is 36.3 Å². The van der Waals surface area contributed by atoms with Crippen molar-refractivity contribution >= 4 is 17.4 Å². The Morgan fingerprint density at radius 1 is 1.57 bits per heavy atom. The van der Waals surface area contributed by atoms with Crippen LogP contribution in [-0.2, 0) is 0 Å². The van der Waals surface area contributed by atoms with Gasteiger partial charge in [0.1, 0.15) is 0 Å². The van der Waals surface area contributed by atoms with Crippen LogP contribution in [0, 0.1) is 10.1 Å². The second kappa shape index (κ2) is 7.24. The molecule has 21 heavy (non-hydrogen) atoms. The molecule has 2 unspecified atom stereocenters. The summed E-state index contributed by atoms with van der Waals surface area (Å²) in [6.45, 7) is 2.62. The van der Waals surface area contributed by atoms with Crippen molar-refractivity contribution in [1.82, 2.24) is 5.32 Å². The fraction of sp³-hybridized carbons (Fsp3) is 0.600. The molecule has 0 aliphatic carbocycles. The second-order valence-corrected chi connectivity index (χ2v) is 6.71. The highest BCUT2D eigenvalue weighted by atomic mass is 32.2. The highest BCUT2D eigenvalue weighted by molar-refractivity contribution is 7.99. The number of hydrogen-bond donors (Lipinski definition) is 2. The van der Waals surface area contributed by atoms with E-state index in [1.165, 1.54) is 6.07 Å². The molecule has 6 heteroatoms. The molecule has 116 valence electrons. The number of nitro groups is 1. The van der Waals surface area contributed by atoms with E-state index in [1.54, 1.807) is 23.9 Å². The quantitative estimate of drug-likeness (QED) is 0.598. The lowest BCUT2D eigenvalue weighted by atomic mass is 9.99. The minimum atomic E-state index is -0.641. The Morgan fingerprint density at radius 3 is 3.00 bits per heavy atom. The number of nitro benzene ring substituents is 1. The van der Waals surface area contributed by atoms with Gasteiger partial charge in [-0.25, -0.2) is 0 Å². The molecule has 0 spiro atoms. The van der Waals surface area contributed by atoms with Gasteiger partial charge in [-0.2, -0.15) is 11.8 Å². The average Bonchev–Trinajstić information content (AvgIpc) is 2.91. The summed E-state index contributed by atoms with van der Waals surface area (Å²) in [5.74, 6) is 1.75. The minimum absolute atomic E-state index is 0.0459. The van der Waals surface area contributed by atoms with E-state index < -0.39 is 5.60 Å². The summed E-state index contributed by atoms with van der Waals surface area (Å²) in [6, 6.07) is 6.81. The first-order valence-electron chi connectivity index (χ1n) is 7.32. The monoisotopic (exact) mass is 310 g/mol. The molecule has 0 saturated carbocycles. The first-order valence-corrected chi connectivity index (χ1v) is 8.47. The Hall–Kier alpha value is -1.11. The summed E-state index contributed by atoms with van der Waals surface area (Å²) in [4.78, 5) is 10.5. The maximum Gasteiger partial charge on any atom is 0.269 e. The van der Waals surface area contributed by atoms with Gasteiger partial charge in [-0.15, -0.1) is 0 Å². The molecule has 1 aromatic carbocycles. The number of non-ortho nitro benzene ring substituents is 1. The molecule has 1 fully saturated rings. The molecule has 2 rings (SSSR count). The zero-order chi connectivity index (χ0) is 15.3. The number of thioether (sulfide) groups is 1. The summed E-state index contributed by atoms with van der Waals surface area (Å²) in [7, 11) is 0. The number of aliphatic hydroxyl groups is 1. The topological polar surface area (TPSA) is 75.4 Å². The van der Waals surface area contributed by atoms with Crippen LogP contribution in [0.15, 0.2) is 24.3 Å².